The van der Waals surface area contributed by atoms with Crippen LogP contribution in [0.2, 0.25) is 0 Å². The molecule has 4 rings (SSSR count). The molecule has 0 unspecified atom stereocenters. The number of aromatic nitrogens is 3. The average Bonchev–Trinajstić information content (AvgIpc) is 2.73. The normalized spacial score (nSPS) is 17.4. The van der Waals surface area contributed by atoms with Gasteiger partial charge in [-0.15, -0.1) is 0 Å². The van der Waals surface area contributed by atoms with Crippen molar-refractivity contribution in [3.63, 3.8) is 0 Å². The first-order chi connectivity index (χ1) is 14.5. The Bertz CT molecular complexity index is 1150. The van der Waals surface area contributed by atoms with E-state index in [0.29, 0.717) is 47.7 Å². The predicted molar refractivity (Wildman–Crippen MR) is 111 cm³/mol. The Morgan fingerprint density at radius 3 is 2.87 bits per heavy atom. The highest BCUT2D eigenvalue weighted by atomic mass is 19.1. The Morgan fingerprint density at radius 2 is 2.13 bits per heavy atom. The highest BCUT2D eigenvalue weighted by Crippen LogP contribution is 2.35. The number of halogens is 2. The van der Waals surface area contributed by atoms with Crippen LogP contribution in [0.15, 0.2) is 36.7 Å². The van der Waals surface area contributed by atoms with Gasteiger partial charge in [-0.3, -0.25) is 4.98 Å². The summed E-state index contributed by atoms with van der Waals surface area (Å²) in [5.74, 6) is -1.01. The average molecular weight is 410 g/mol. The maximum atomic E-state index is 14.7. The summed E-state index contributed by atoms with van der Waals surface area (Å²) in [5.41, 5.74) is 7.87. The van der Waals surface area contributed by atoms with Crippen molar-refractivity contribution in [2.24, 2.45) is 5.73 Å². The molecule has 3 aromatic heterocycles. The lowest BCUT2D eigenvalue weighted by Gasteiger charge is -2.34. The number of allylic oxidation sites excluding steroid dienone is 1. The number of rotatable bonds is 4. The van der Waals surface area contributed by atoms with Crippen molar-refractivity contribution in [2.75, 3.05) is 24.7 Å². The molecule has 1 saturated heterocycles. The molecule has 4 heterocycles. The number of pyridine rings is 3. The molecule has 3 N–H and O–H groups in total. The molecule has 0 radical (unpaired) electrons. The number of ether oxygens (including phenoxy) is 1. The zero-order chi connectivity index (χ0) is 21.3. The summed E-state index contributed by atoms with van der Waals surface area (Å²) in [7, 11) is 0. The largest absolute Gasteiger partial charge is 0.397 e. The van der Waals surface area contributed by atoms with Gasteiger partial charge in [0.15, 0.2) is 0 Å². The van der Waals surface area contributed by atoms with Crippen molar-refractivity contribution in [3.8, 4) is 11.1 Å². The Labute approximate surface area is 171 Å². The van der Waals surface area contributed by atoms with Gasteiger partial charge in [0, 0.05) is 42.2 Å². The first-order valence-corrected chi connectivity index (χ1v) is 9.41. The van der Waals surface area contributed by atoms with Crippen molar-refractivity contribution in [1.82, 2.24) is 15.0 Å². The Morgan fingerprint density at radius 1 is 1.30 bits per heavy atom. The van der Waals surface area contributed by atoms with Crippen molar-refractivity contribution in [2.45, 2.75) is 13.0 Å². The fraction of sp³-hybridized carbons (Fsp3) is 0.238. The number of morpholine rings is 1. The van der Waals surface area contributed by atoms with Crippen LogP contribution in [0, 0.1) is 17.2 Å². The molecule has 3 aromatic rings. The van der Waals surface area contributed by atoms with E-state index in [0.717, 1.165) is 12.3 Å². The van der Waals surface area contributed by atoms with Gasteiger partial charge in [0.25, 0.3) is 0 Å². The molecule has 9 heteroatoms. The molecule has 1 aliphatic heterocycles. The van der Waals surface area contributed by atoms with Crippen LogP contribution in [0.1, 0.15) is 12.6 Å². The molecule has 0 saturated carbocycles. The molecular weight excluding hydrogens is 390 g/mol. The van der Waals surface area contributed by atoms with Gasteiger partial charge in [-0.05, 0) is 30.7 Å². The second kappa shape index (κ2) is 8.11. The zero-order valence-corrected chi connectivity index (χ0v) is 16.3. The molecule has 154 valence electrons. The molecule has 0 spiro atoms. The summed E-state index contributed by atoms with van der Waals surface area (Å²) in [4.78, 5) is 14.8. The maximum absolute atomic E-state index is 14.7. The van der Waals surface area contributed by atoms with Gasteiger partial charge in [0.05, 0.1) is 25.0 Å². The van der Waals surface area contributed by atoms with E-state index in [1.165, 1.54) is 12.3 Å². The molecule has 7 nitrogen and oxygen atoms in total. The van der Waals surface area contributed by atoms with E-state index in [1.54, 1.807) is 18.3 Å². The van der Waals surface area contributed by atoms with Crippen LogP contribution < -0.4 is 10.6 Å². The third-order valence-electron chi connectivity index (χ3n) is 5.02. The SMILES string of the molecule is C[C@@H]1COCCN1c1cc(-c2cnc(F)cc2F)c2ccnc(/C(N)=C/C=N)c2n1. The van der Waals surface area contributed by atoms with Crippen LogP contribution in [0.5, 0.6) is 0 Å². The molecule has 0 bridgehead atoms. The molecular formula is C21H20F2N6O. The summed E-state index contributed by atoms with van der Waals surface area (Å²) in [6.07, 6.45) is 5.18. The summed E-state index contributed by atoms with van der Waals surface area (Å²) in [5, 5.41) is 7.90. The van der Waals surface area contributed by atoms with Crippen molar-refractivity contribution in [1.29, 1.82) is 5.41 Å². The molecule has 0 amide bonds. The molecule has 0 aliphatic carbocycles. The fourth-order valence-electron chi connectivity index (χ4n) is 3.56. The van der Waals surface area contributed by atoms with Crippen LogP contribution in [0.25, 0.3) is 27.7 Å². The van der Waals surface area contributed by atoms with E-state index >= 15 is 0 Å². The van der Waals surface area contributed by atoms with E-state index in [4.69, 9.17) is 20.9 Å². The van der Waals surface area contributed by atoms with Crippen LogP contribution in [0.4, 0.5) is 14.6 Å². The summed E-state index contributed by atoms with van der Waals surface area (Å²) < 4.78 is 33.6. The number of nitrogens with two attached hydrogens (primary N) is 1. The lowest BCUT2D eigenvalue weighted by molar-refractivity contribution is 0.0986. The number of hydrogen-bond acceptors (Lipinski definition) is 7. The lowest BCUT2D eigenvalue weighted by atomic mass is 10.0. The van der Waals surface area contributed by atoms with Gasteiger partial charge in [0.1, 0.15) is 22.8 Å². The summed E-state index contributed by atoms with van der Waals surface area (Å²) >= 11 is 0. The smallest absolute Gasteiger partial charge is 0.215 e. The van der Waals surface area contributed by atoms with E-state index in [-0.39, 0.29) is 17.3 Å². The topological polar surface area (TPSA) is 101 Å². The van der Waals surface area contributed by atoms with Crippen LogP contribution in [-0.4, -0.2) is 47.0 Å². The van der Waals surface area contributed by atoms with E-state index in [9.17, 15) is 8.78 Å². The first-order valence-electron chi connectivity index (χ1n) is 9.41. The van der Waals surface area contributed by atoms with Gasteiger partial charge in [-0.25, -0.2) is 14.4 Å². The highest BCUT2D eigenvalue weighted by molar-refractivity contribution is 6.01. The summed E-state index contributed by atoms with van der Waals surface area (Å²) in [6.45, 7) is 3.71. The standard InChI is InChI=1S/C21H20F2N6O/c1-12-11-30-7-6-29(12)19-8-14(15-10-27-18(23)9-16(15)22)13-3-5-26-21(20(13)28-19)17(25)2-4-24/h2-5,8-10,12,24H,6-7,11,25H2,1H3/b17-2-,24-4?/t12-/m1/s1. The monoisotopic (exact) mass is 410 g/mol. The van der Waals surface area contributed by atoms with E-state index in [2.05, 4.69) is 14.9 Å². The van der Waals surface area contributed by atoms with Gasteiger partial charge in [-0.1, -0.05) is 0 Å². The fourth-order valence-corrected chi connectivity index (χ4v) is 3.56. The van der Waals surface area contributed by atoms with Crippen LogP contribution in [-0.2, 0) is 4.74 Å². The third kappa shape index (κ3) is 3.59. The molecule has 1 fully saturated rings. The Kier molecular flexibility index (Phi) is 5.37. The van der Waals surface area contributed by atoms with E-state index in [1.807, 2.05) is 6.92 Å². The summed E-state index contributed by atoms with van der Waals surface area (Å²) in [6, 6.07) is 4.28. The number of hydrogen-bond donors (Lipinski definition) is 2. The minimum absolute atomic E-state index is 0.0577. The lowest BCUT2D eigenvalue weighted by Crippen LogP contribution is -2.44. The molecule has 0 aromatic carbocycles. The van der Waals surface area contributed by atoms with Crippen molar-refractivity contribution in [3.05, 3.63) is 54.1 Å². The van der Waals surface area contributed by atoms with Crippen molar-refractivity contribution < 1.29 is 13.5 Å². The van der Waals surface area contributed by atoms with E-state index < -0.39 is 11.8 Å². The second-order valence-electron chi connectivity index (χ2n) is 6.98. The molecule has 30 heavy (non-hydrogen) atoms. The predicted octanol–water partition coefficient (Wildman–Crippen LogP) is 3.14. The number of nitrogens with one attached hydrogen (secondary N) is 1. The Balaban J connectivity index is 2.02. The highest BCUT2D eigenvalue weighted by Gasteiger charge is 2.23. The van der Waals surface area contributed by atoms with Crippen molar-refractivity contribution >= 4 is 28.6 Å². The van der Waals surface area contributed by atoms with Gasteiger partial charge >= 0.3 is 0 Å². The first kappa shape index (κ1) is 19.8. The number of nitrogens with zero attached hydrogens (tertiary/aromatic N) is 4. The zero-order valence-electron chi connectivity index (χ0n) is 16.3. The maximum Gasteiger partial charge on any atom is 0.215 e. The third-order valence-corrected chi connectivity index (χ3v) is 5.02. The molecule has 1 aliphatic rings. The minimum atomic E-state index is -0.892. The van der Waals surface area contributed by atoms with Crippen LogP contribution in [0.3, 0.4) is 0 Å². The number of fused-ring (bicyclic) bond motifs is 1. The minimum Gasteiger partial charge on any atom is -0.397 e. The number of anilines is 1. The molecule has 1 atom stereocenters. The van der Waals surface area contributed by atoms with Gasteiger partial charge in [0.2, 0.25) is 5.95 Å². The van der Waals surface area contributed by atoms with Gasteiger partial charge in [-0.2, -0.15) is 4.39 Å². The van der Waals surface area contributed by atoms with Crippen LogP contribution >= 0.6 is 0 Å². The van der Waals surface area contributed by atoms with Gasteiger partial charge < -0.3 is 20.8 Å². The quantitative estimate of drug-likeness (QED) is 0.506. The second-order valence-corrected chi connectivity index (χ2v) is 6.98. The Hall–Kier alpha value is -3.46.